The van der Waals surface area contributed by atoms with E-state index in [-0.39, 0.29) is 24.0 Å². The standard InChI is InChI=1S/C18H28ClFN4O/c1-12(2)23-18(21-4)22-10-16(24-8-9-25-13(3)11-24)17-14(19)6-5-7-15(17)20/h5-7,12-13,16H,8-11H2,1-4H3,(H2,21,22,23). The first-order chi connectivity index (χ1) is 11.9. The van der Waals surface area contributed by atoms with Gasteiger partial charge in [-0.25, -0.2) is 4.39 Å². The molecule has 25 heavy (non-hydrogen) atoms. The fourth-order valence-corrected chi connectivity index (χ4v) is 3.32. The first-order valence-corrected chi connectivity index (χ1v) is 9.07. The molecule has 1 aromatic rings. The number of benzene rings is 1. The summed E-state index contributed by atoms with van der Waals surface area (Å²) in [5.41, 5.74) is 0.519. The minimum absolute atomic E-state index is 0.106. The molecule has 0 spiro atoms. The van der Waals surface area contributed by atoms with E-state index in [0.717, 1.165) is 13.1 Å². The van der Waals surface area contributed by atoms with Crippen LogP contribution in [0, 0.1) is 5.82 Å². The van der Waals surface area contributed by atoms with Crippen molar-refractivity contribution in [2.45, 2.75) is 39.0 Å². The van der Waals surface area contributed by atoms with E-state index in [2.05, 4.69) is 20.5 Å². The molecule has 7 heteroatoms. The lowest BCUT2D eigenvalue weighted by Gasteiger charge is -2.38. The smallest absolute Gasteiger partial charge is 0.191 e. The Labute approximate surface area is 154 Å². The summed E-state index contributed by atoms with van der Waals surface area (Å²) in [6.45, 7) is 8.70. The summed E-state index contributed by atoms with van der Waals surface area (Å²) >= 11 is 6.34. The number of guanidine groups is 1. The maximum atomic E-state index is 14.6. The molecule has 2 unspecified atom stereocenters. The number of morpholine rings is 1. The molecule has 0 amide bonds. The van der Waals surface area contributed by atoms with Crippen molar-refractivity contribution in [3.8, 4) is 0 Å². The highest BCUT2D eigenvalue weighted by atomic mass is 35.5. The molecule has 1 heterocycles. The number of ether oxygens (including phenoxy) is 1. The van der Waals surface area contributed by atoms with Crippen LogP contribution in [0.5, 0.6) is 0 Å². The van der Waals surface area contributed by atoms with E-state index in [1.165, 1.54) is 6.07 Å². The SMILES string of the molecule is CN=C(NCC(c1c(F)cccc1Cl)N1CCOC(C)C1)NC(C)C. The molecule has 1 fully saturated rings. The minimum Gasteiger partial charge on any atom is -0.376 e. The molecule has 5 nitrogen and oxygen atoms in total. The van der Waals surface area contributed by atoms with Crippen LogP contribution in [0.4, 0.5) is 4.39 Å². The van der Waals surface area contributed by atoms with Crippen LogP contribution in [0.1, 0.15) is 32.4 Å². The van der Waals surface area contributed by atoms with Gasteiger partial charge in [0.15, 0.2) is 5.96 Å². The molecule has 0 radical (unpaired) electrons. The molecule has 1 aliphatic rings. The Morgan fingerprint density at radius 3 is 2.84 bits per heavy atom. The van der Waals surface area contributed by atoms with Gasteiger partial charge < -0.3 is 15.4 Å². The normalized spacial score (nSPS) is 20.6. The van der Waals surface area contributed by atoms with E-state index in [1.54, 1.807) is 19.2 Å². The lowest BCUT2D eigenvalue weighted by Crippen LogP contribution is -2.49. The third-order valence-corrected chi connectivity index (χ3v) is 4.49. The van der Waals surface area contributed by atoms with E-state index in [0.29, 0.717) is 29.7 Å². The van der Waals surface area contributed by atoms with Gasteiger partial charge in [0.2, 0.25) is 0 Å². The molecule has 1 aliphatic heterocycles. The molecule has 140 valence electrons. The van der Waals surface area contributed by atoms with Gasteiger partial charge in [0, 0.05) is 43.3 Å². The summed E-state index contributed by atoms with van der Waals surface area (Å²) in [7, 11) is 1.72. The summed E-state index contributed by atoms with van der Waals surface area (Å²) in [5.74, 6) is 0.402. The molecule has 2 N–H and O–H groups in total. The fourth-order valence-electron chi connectivity index (χ4n) is 3.03. The second-order valence-electron chi connectivity index (χ2n) is 6.58. The van der Waals surface area contributed by atoms with Crippen molar-refractivity contribution >= 4 is 17.6 Å². The third kappa shape index (κ3) is 5.56. The molecule has 1 aromatic carbocycles. The quantitative estimate of drug-likeness (QED) is 0.618. The summed E-state index contributed by atoms with van der Waals surface area (Å²) in [6, 6.07) is 4.88. The van der Waals surface area contributed by atoms with Crippen LogP contribution in [0.15, 0.2) is 23.2 Å². The zero-order valence-corrected chi connectivity index (χ0v) is 16.1. The zero-order valence-electron chi connectivity index (χ0n) is 15.4. The predicted molar refractivity (Wildman–Crippen MR) is 101 cm³/mol. The molecule has 2 rings (SSSR count). The van der Waals surface area contributed by atoms with Crippen LogP contribution >= 0.6 is 11.6 Å². The Morgan fingerprint density at radius 1 is 1.48 bits per heavy atom. The predicted octanol–water partition coefficient (Wildman–Crippen LogP) is 2.81. The largest absolute Gasteiger partial charge is 0.376 e. The number of aliphatic imine (C=N–C) groups is 1. The molecule has 2 atom stereocenters. The van der Waals surface area contributed by atoms with E-state index < -0.39 is 0 Å². The second-order valence-corrected chi connectivity index (χ2v) is 6.99. The van der Waals surface area contributed by atoms with Crippen LogP contribution in [0.3, 0.4) is 0 Å². The minimum atomic E-state index is -0.287. The number of hydrogen-bond acceptors (Lipinski definition) is 3. The maximum Gasteiger partial charge on any atom is 0.191 e. The third-order valence-electron chi connectivity index (χ3n) is 4.16. The highest BCUT2D eigenvalue weighted by Gasteiger charge is 2.29. The molecule has 1 saturated heterocycles. The van der Waals surface area contributed by atoms with Crippen LogP contribution in [-0.2, 0) is 4.74 Å². The maximum absolute atomic E-state index is 14.6. The van der Waals surface area contributed by atoms with Crippen molar-refractivity contribution < 1.29 is 9.13 Å². The van der Waals surface area contributed by atoms with E-state index >= 15 is 0 Å². The first kappa shape index (κ1) is 19.9. The average molecular weight is 371 g/mol. The molecule has 0 aromatic heterocycles. The number of nitrogens with one attached hydrogen (secondary N) is 2. The summed E-state index contributed by atoms with van der Waals surface area (Å²) in [4.78, 5) is 6.44. The zero-order chi connectivity index (χ0) is 18.4. The van der Waals surface area contributed by atoms with E-state index in [1.807, 2.05) is 20.8 Å². The van der Waals surface area contributed by atoms with Crippen LogP contribution < -0.4 is 10.6 Å². The Morgan fingerprint density at radius 2 is 2.24 bits per heavy atom. The summed E-state index contributed by atoms with van der Waals surface area (Å²) in [6.07, 6.45) is 0.106. The number of rotatable bonds is 5. The van der Waals surface area contributed by atoms with Gasteiger partial charge in [-0.15, -0.1) is 0 Å². The van der Waals surface area contributed by atoms with Gasteiger partial charge in [0.1, 0.15) is 5.82 Å². The number of nitrogens with zero attached hydrogens (tertiary/aromatic N) is 2. The topological polar surface area (TPSA) is 48.9 Å². The highest BCUT2D eigenvalue weighted by molar-refractivity contribution is 6.31. The van der Waals surface area contributed by atoms with Gasteiger partial charge in [-0.1, -0.05) is 17.7 Å². The Bertz CT molecular complexity index is 576. The Balaban J connectivity index is 2.23. The van der Waals surface area contributed by atoms with Crippen molar-refractivity contribution in [3.63, 3.8) is 0 Å². The summed E-state index contributed by atoms with van der Waals surface area (Å²) < 4.78 is 20.2. The van der Waals surface area contributed by atoms with Gasteiger partial charge in [-0.2, -0.15) is 0 Å². The average Bonchev–Trinajstić information content (AvgIpc) is 2.55. The van der Waals surface area contributed by atoms with Crippen LogP contribution in [0.2, 0.25) is 5.02 Å². The Hall–Kier alpha value is -1.37. The lowest BCUT2D eigenvalue weighted by atomic mass is 10.0. The molecule has 0 saturated carbocycles. The van der Waals surface area contributed by atoms with E-state index in [9.17, 15) is 4.39 Å². The molecule has 0 bridgehead atoms. The van der Waals surface area contributed by atoms with Gasteiger partial charge in [-0.05, 0) is 32.9 Å². The Kier molecular flexibility index (Phi) is 7.47. The van der Waals surface area contributed by atoms with Crippen molar-refractivity contribution in [1.82, 2.24) is 15.5 Å². The molecular weight excluding hydrogens is 343 g/mol. The van der Waals surface area contributed by atoms with Crippen LogP contribution in [-0.4, -0.2) is 56.3 Å². The molecule has 0 aliphatic carbocycles. The molecular formula is C18H28ClFN4O. The number of hydrogen-bond donors (Lipinski definition) is 2. The monoisotopic (exact) mass is 370 g/mol. The van der Waals surface area contributed by atoms with E-state index in [4.69, 9.17) is 16.3 Å². The summed E-state index contributed by atoms with van der Waals surface area (Å²) in [5, 5.41) is 6.99. The van der Waals surface area contributed by atoms with Crippen LogP contribution in [0.25, 0.3) is 0 Å². The van der Waals surface area contributed by atoms with Gasteiger partial charge in [0.05, 0.1) is 18.8 Å². The van der Waals surface area contributed by atoms with Gasteiger partial charge in [0.25, 0.3) is 0 Å². The lowest BCUT2D eigenvalue weighted by molar-refractivity contribution is -0.0343. The van der Waals surface area contributed by atoms with Crippen molar-refractivity contribution in [2.24, 2.45) is 4.99 Å². The highest BCUT2D eigenvalue weighted by Crippen LogP contribution is 2.31. The van der Waals surface area contributed by atoms with Crippen molar-refractivity contribution in [1.29, 1.82) is 0 Å². The first-order valence-electron chi connectivity index (χ1n) is 8.69. The van der Waals surface area contributed by atoms with Crippen molar-refractivity contribution in [3.05, 3.63) is 34.6 Å². The van der Waals surface area contributed by atoms with Gasteiger partial charge in [-0.3, -0.25) is 9.89 Å². The second kappa shape index (κ2) is 9.36. The van der Waals surface area contributed by atoms with Crippen molar-refractivity contribution in [2.75, 3.05) is 33.3 Å². The number of halogens is 2. The fraction of sp³-hybridized carbons (Fsp3) is 0.611. The van der Waals surface area contributed by atoms with Gasteiger partial charge >= 0.3 is 0 Å².